The van der Waals surface area contributed by atoms with Crippen molar-refractivity contribution in [2.24, 2.45) is 0 Å². The molecule has 0 amide bonds. The summed E-state index contributed by atoms with van der Waals surface area (Å²) in [4.78, 5) is 6.99. The first-order valence-corrected chi connectivity index (χ1v) is 5.38. The Labute approximate surface area is 86.0 Å². The Hall–Kier alpha value is -0.890. The van der Waals surface area contributed by atoms with Gasteiger partial charge in [-0.05, 0) is 45.5 Å². The molecular formula is C12H18N2. The van der Waals surface area contributed by atoms with Crippen molar-refractivity contribution < 1.29 is 0 Å². The van der Waals surface area contributed by atoms with Crippen LogP contribution in [0.3, 0.4) is 0 Å². The van der Waals surface area contributed by atoms with Gasteiger partial charge in [0.15, 0.2) is 0 Å². The Bertz CT molecular complexity index is 309. The van der Waals surface area contributed by atoms with E-state index in [1.807, 2.05) is 0 Å². The van der Waals surface area contributed by atoms with Gasteiger partial charge in [0.05, 0.1) is 0 Å². The molecule has 1 aromatic rings. The summed E-state index contributed by atoms with van der Waals surface area (Å²) in [6, 6.07) is 7.01. The van der Waals surface area contributed by atoms with Crippen molar-refractivity contribution >= 4 is 0 Å². The number of aryl methyl sites for hydroxylation is 1. The minimum Gasteiger partial charge on any atom is -0.303 e. The average molecular weight is 190 g/mol. The zero-order valence-electron chi connectivity index (χ0n) is 9.03. The van der Waals surface area contributed by atoms with Gasteiger partial charge >= 0.3 is 0 Å². The van der Waals surface area contributed by atoms with E-state index in [1.54, 1.807) is 0 Å². The standard InChI is InChI=1S/C12H18N2/c1-10-5-3-6-11(13-10)9-12-7-4-8-14(12)2/h3,5-6,12H,4,7-9H2,1-2H3. The highest BCUT2D eigenvalue weighted by molar-refractivity contribution is 5.11. The van der Waals surface area contributed by atoms with Gasteiger partial charge in [0, 0.05) is 23.9 Å². The molecular weight excluding hydrogens is 172 g/mol. The molecule has 2 rings (SSSR count). The summed E-state index contributed by atoms with van der Waals surface area (Å²) in [7, 11) is 2.22. The number of aromatic nitrogens is 1. The SMILES string of the molecule is Cc1cccc(CC2CCCN2C)n1. The Morgan fingerprint density at radius 3 is 3.00 bits per heavy atom. The van der Waals surface area contributed by atoms with Gasteiger partial charge in [-0.2, -0.15) is 0 Å². The van der Waals surface area contributed by atoms with Crippen LogP contribution in [-0.2, 0) is 6.42 Å². The quantitative estimate of drug-likeness (QED) is 0.709. The highest BCUT2D eigenvalue weighted by Gasteiger charge is 2.21. The van der Waals surface area contributed by atoms with E-state index < -0.39 is 0 Å². The first-order chi connectivity index (χ1) is 6.75. The first-order valence-electron chi connectivity index (χ1n) is 5.38. The minimum absolute atomic E-state index is 0.712. The second-order valence-corrected chi connectivity index (χ2v) is 4.25. The zero-order valence-corrected chi connectivity index (χ0v) is 9.03. The van der Waals surface area contributed by atoms with E-state index in [2.05, 4.69) is 42.1 Å². The molecule has 1 aliphatic heterocycles. The number of hydrogen-bond acceptors (Lipinski definition) is 2. The predicted octanol–water partition coefficient (Wildman–Crippen LogP) is 2.03. The Balaban J connectivity index is 2.03. The molecule has 1 unspecified atom stereocenters. The number of likely N-dealkylation sites (tertiary alicyclic amines) is 1. The molecule has 0 aromatic carbocycles. The van der Waals surface area contributed by atoms with Crippen molar-refractivity contribution in [3.8, 4) is 0 Å². The molecule has 0 aliphatic carbocycles. The third-order valence-electron chi connectivity index (χ3n) is 3.06. The van der Waals surface area contributed by atoms with E-state index >= 15 is 0 Å². The van der Waals surface area contributed by atoms with Gasteiger partial charge < -0.3 is 4.90 Å². The molecule has 0 N–H and O–H groups in total. The van der Waals surface area contributed by atoms with Gasteiger partial charge in [-0.3, -0.25) is 4.98 Å². The maximum atomic E-state index is 4.54. The molecule has 0 spiro atoms. The van der Waals surface area contributed by atoms with Gasteiger partial charge in [-0.25, -0.2) is 0 Å². The minimum atomic E-state index is 0.712. The molecule has 1 atom stereocenters. The van der Waals surface area contributed by atoms with E-state index in [9.17, 15) is 0 Å². The van der Waals surface area contributed by atoms with Crippen molar-refractivity contribution in [3.05, 3.63) is 29.6 Å². The van der Waals surface area contributed by atoms with E-state index in [0.29, 0.717) is 6.04 Å². The Morgan fingerprint density at radius 1 is 1.50 bits per heavy atom. The van der Waals surface area contributed by atoms with Crippen LogP contribution < -0.4 is 0 Å². The van der Waals surface area contributed by atoms with Gasteiger partial charge in [-0.1, -0.05) is 6.07 Å². The fourth-order valence-corrected chi connectivity index (χ4v) is 2.19. The molecule has 2 nitrogen and oxygen atoms in total. The molecule has 0 saturated carbocycles. The van der Waals surface area contributed by atoms with Gasteiger partial charge in [0.25, 0.3) is 0 Å². The van der Waals surface area contributed by atoms with Gasteiger partial charge in [0.1, 0.15) is 0 Å². The van der Waals surface area contributed by atoms with Crippen LogP contribution in [0.5, 0.6) is 0 Å². The van der Waals surface area contributed by atoms with E-state index in [0.717, 1.165) is 12.1 Å². The summed E-state index contributed by atoms with van der Waals surface area (Å²) >= 11 is 0. The second kappa shape index (κ2) is 4.09. The van der Waals surface area contributed by atoms with Crippen molar-refractivity contribution in [3.63, 3.8) is 0 Å². The summed E-state index contributed by atoms with van der Waals surface area (Å²) in [6.07, 6.45) is 3.78. The summed E-state index contributed by atoms with van der Waals surface area (Å²) in [6.45, 7) is 3.30. The lowest BCUT2D eigenvalue weighted by Crippen LogP contribution is -2.27. The topological polar surface area (TPSA) is 16.1 Å². The largest absolute Gasteiger partial charge is 0.303 e. The molecule has 14 heavy (non-hydrogen) atoms. The molecule has 1 saturated heterocycles. The second-order valence-electron chi connectivity index (χ2n) is 4.25. The summed E-state index contributed by atoms with van der Waals surface area (Å²) in [5.74, 6) is 0. The van der Waals surface area contributed by atoms with Crippen LogP contribution in [0.4, 0.5) is 0 Å². The molecule has 2 heterocycles. The number of nitrogens with zero attached hydrogens (tertiary/aromatic N) is 2. The lowest BCUT2D eigenvalue weighted by molar-refractivity contribution is 0.307. The zero-order chi connectivity index (χ0) is 9.97. The van der Waals surface area contributed by atoms with Gasteiger partial charge in [-0.15, -0.1) is 0 Å². The van der Waals surface area contributed by atoms with Crippen LogP contribution in [0.2, 0.25) is 0 Å². The van der Waals surface area contributed by atoms with Crippen molar-refractivity contribution in [1.82, 2.24) is 9.88 Å². The highest BCUT2D eigenvalue weighted by Crippen LogP contribution is 2.18. The molecule has 1 aliphatic rings. The lowest BCUT2D eigenvalue weighted by Gasteiger charge is -2.18. The van der Waals surface area contributed by atoms with Crippen LogP contribution in [0.25, 0.3) is 0 Å². The summed E-state index contributed by atoms with van der Waals surface area (Å²) in [5, 5.41) is 0. The van der Waals surface area contributed by atoms with Gasteiger partial charge in [0.2, 0.25) is 0 Å². The van der Waals surface area contributed by atoms with Crippen LogP contribution >= 0.6 is 0 Å². The average Bonchev–Trinajstić information content (AvgIpc) is 2.52. The number of hydrogen-bond donors (Lipinski definition) is 0. The predicted molar refractivity (Wildman–Crippen MR) is 58.3 cm³/mol. The van der Waals surface area contributed by atoms with E-state index in [-0.39, 0.29) is 0 Å². The molecule has 1 fully saturated rings. The fraction of sp³-hybridized carbons (Fsp3) is 0.583. The summed E-state index contributed by atoms with van der Waals surface area (Å²) in [5.41, 5.74) is 2.37. The van der Waals surface area contributed by atoms with E-state index in [4.69, 9.17) is 0 Å². The Morgan fingerprint density at radius 2 is 2.36 bits per heavy atom. The maximum absolute atomic E-state index is 4.54. The molecule has 1 aromatic heterocycles. The van der Waals surface area contributed by atoms with Crippen molar-refractivity contribution in [2.75, 3.05) is 13.6 Å². The monoisotopic (exact) mass is 190 g/mol. The van der Waals surface area contributed by atoms with Crippen LogP contribution in [0.1, 0.15) is 24.2 Å². The van der Waals surface area contributed by atoms with Crippen LogP contribution in [0.15, 0.2) is 18.2 Å². The van der Waals surface area contributed by atoms with E-state index in [1.165, 1.54) is 25.1 Å². The molecule has 0 bridgehead atoms. The molecule has 0 radical (unpaired) electrons. The normalized spacial score (nSPS) is 22.9. The molecule has 2 heteroatoms. The number of pyridine rings is 1. The Kier molecular flexibility index (Phi) is 2.82. The molecule has 76 valence electrons. The maximum Gasteiger partial charge on any atom is 0.0422 e. The van der Waals surface area contributed by atoms with Crippen LogP contribution in [-0.4, -0.2) is 29.5 Å². The lowest BCUT2D eigenvalue weighted by atomic mass is 10.1. The highest BCUT2D eigenvalue weighted by atomic mass is 15.1. The summed E-state index contributed by atoms with van der Waals surface area (Å²) < 4.78 is 0. The fourth-order valence-electron chi connectivity index (χ4n) is 2.19. The number of rotatable bonds is 2. The van der Waals surface area contributed by atoms with Crippen LogP contribution in [0, 0.1) is 6.92 Å². The smallest absolute Gasteiger partial charge is 0.0422 e. The third-order valence-corrected chi connectivity index (χ3v) is 3.06. The van der Waals surface area contributed by atoms with Crippen molar-refractivity contribution in [2.45, 2.75) is 32.2 Å². The first kappa shape index (κ1) is 9.66. The van der Waals surface area contributed by atoms with Crippen molar-refractivity contribution in [1.29, 1.82) is 0 Å². The third kappa shape index (κ3) is 2.13. The number of likely N-dealkylation sites (N-methyl/N-ethyl adjacent to an activating group) is 1.